The van der Waals surface area contributed by atoms with Crippen LogP contribution in [0.1, 0.15) is 83.1 Å². The Hall–Kier alpha value is -2.80. The number of halogens is 1. The number of hydrogen-bond donors (Lipinski definition) is 7. The molecule has 0 bridgehead atoms. The molecule has 4 rings (SSSR count). The van der Waals surface area contributed by atoms with Gasteiger partial charge in [-0.05, 0) is 74.1 Å². The number of hydrogen-bond acceptors (Lipinski definition) is 7. The van der Waals surface area contributed by atoms with E-state index in [4.69, 9.17) is 28.2 Å². The van der Waals surface area contributed by atoms with Crippen LogP contribution in [0.4, 0.5) is 0 Å². The second-order valence-corrected chi connectivity index (χ2v) is 13.8. The largest absolute Gasteiger partial charge is 0.481 e. The highest BCUT2D eigenvalue weighted by Crippen LogP contribution is 2.51. The van der Waals surface area contributed by atoms with Crippen molar-refractivity contribution in [3.63, 3.8) is 0 Å². The summed E-state index contributed by atoms with van der Waals surface area (Å²) in [6, 6.07) is 5.05. The van der Waals surface area contributed by atoms with Crippen molar-refractivity contribution in [1.82, 2.24) is 5.32 Å². The third kappa shape index (κ3) is 7.67. The number of carboxylic acids is 2. The lowest BCUT2D eigenvalue weighted by Crippen LogP contribution is -2.89. The molecule has 0 saturated carbocycles. The fraction of sp³-hybridized carbons (Fsp3) is 0.618. The number of nitrogens with two attached hydrogens (primary N) is 2. The van der Waals surface area contributed by atoms with E-state index in [2.05, 4.69) is 36.5 Å². The summed E-state index contributed by atoms with van der Waals surface area (Å²) >= 11 is 6.22. The average Bonchev–Trinajstić information content (AvgIpc) is 3.01. The molecule has 2 fully saturated rings. The molecule has 9 N–H and O–H groups in total. The van der Waals surface area contributed by atoms with Crippen LogP contribution in [0.25, 0.3) is 0 Å². The van der Waals surface area contributed by atoms with Gasteiger partial charge in [0.1, 0.15) is 24.4 Å². The monoisotopic (exact) mass is 661 g/mol. The first-order valence-corrected chi connectivity index (χ1v) is 16.8. The summed E-state index contributed by atoms with van der Waals surface area (Å²) in [5.74, 6) is -1.80. The van der Waals surface area contributed by atoms with Gasteiger partial charge in [-0.25, -0.2) is 0 Å². The number of aliphatic hydroxyl groups excluding tert-OH is 2. The third-order valence-corrected chi connectivity index (χ3v) is 10.9. The number of aliphatic carboxylic acids is 2. The van der Waals surface area contributed by atoms with E-state index in [0.717, 1.165) is 23.4 Å². The molecule has 0 spiro atoms. The molecule has 1 aromatic rings. The predicted molar refractivity (Wildman–Crippen MR) is 174 cm³/mol. The van der Waals surface area contributed by atoms with Gasteiger partial charge in [-0.1, -0.05) is 48.9 Å². The van der Waals surface area contributed by atoms with Crippen molar-refractivity contribution in [2.75, 3.05) is 0 Å². The number of aliphatic hydroxyl groups is 2. The third-order valence-electron chi connectivity index (χ3n) is 10.6. The minimum absolute atomic E-state index is 0.0190. The van der Waals surface area contributed by atoms with Crippen molar-refractivity contribution in [2.24, 2.45) is 23.3 Å². The molecule has 11 atom stereocenters. The highest BCUT2D eigenvalue weighted by atomic mass is 35.5. The van der Waals surface area contributed by atoms with Gasteiger partial charge in [0.25, 0.3) is 5.91 Å². The Balaban J connectivity index is 1.61. The predicted octanol–water partition coefficient (Wildman–Crippen LogP) is 3.23. The summed E-state index contributed by atoms with van der Waals surface area (Å²) in [6.07, 6.45) is 7.20. The maximum Gasteiger partial charge on any atom is 0.303 e. The second-order valence-electron chi connectivity index (χ2n) is 13.4. The number of fused-ring (bicyclic) bond motifs is 1. The smallest absolute Gasteiger partial charge is 0.303 e. The molecule has 0 radical (unpaired) electrons. The lowest BCUT2D eigenvalue weighted by Gasteiger charge is -2.67. The lowest BCUT2D eigenvalue weighted by atomic mass is 9.69. The Kier molecular flexibility index (Phi) is 12.1. The van der Waals surface area contributed by atoms with Crippen molar-refractivity contribution in [3.8, 4) is 0 Å². The minimum Gasteiger partial charge on any atom is -0.481 e. The SMILES string of the molecule is CC(C=C1CCC(O)[N+]2(C(CCCC(=O)O)C(=O)NC(CCC(=O)O)C(N)O)C(C)C(N)C12)C1C=CC(c2cccc(Cl)c2)CC1. The number of allylic oxidation sites excluding steroid dienone is 3. The zero-order valence-corrected chi connectivity index (χ0v) is 27.4. The molecule has 2 aliphatic heterocycles. The van der Waals surface area contributed by atoms with Gasteiger partial charge in [-0.2, -0.15) is 0 Å². The van der Waals surface area contributed by atoms with Gasteiger partial charge < -0.3 is 37.2 Å². The van der Waals surface area contributed by atoms with E-state index < -0.39 is 42.4 Å². The number of carboxylic acid groups (broad SMARTS) is 2. The molecule has 3 aliphatic rings. The first-order valence-electron chi connectivity index (χ1n) is 16.4. The first kappa shape index (κ1) is 36.0. The maximum absolute atomic E-state index is 14.0. The van der Waals surface area contributed by atoms with Crippen LogP contribution < -0.4 is 16.8 Å². The van der Waals surface area contributed by atoms with E-state index in [1.165, 1.54) is 5.56 Å². The zero-order valence-electron chi connectivity index (χ0n) is 26.7. The number of amides is 1. The molecule has 1 aliphatic carbocycles. The number of benzene rings is 1. The van der Waals surface area contributed by atoms with E-state index in [0.29, 0.717) is 24.7 Å². The molecule has 1 amide bonds. The normalized spacial score (nSPS) is 32.5. The Morgan fingerprint density at radius 1 is 1.11 bits per heavy atom. The molecule has 0 aromatic heterocycles. The molecule has 254 valence electrons. The van der Waals surface area contributed by atoms with Crippen LogP contribution >= 0.6 is 11.6 Å². The van der Waals surface area contributed by atoms with E-state index >= 15 is 0 Å². The van der Waals surface area contributed by atoms with Gasteiger partial charge in [-0.15, -0.1) is 0 Å². The molecule has 11 unspecified atom stereocenters. The second kappa shape index (κ2) is 15.4. The fourth-order valence-electron chi connectivity index (χ4n) is 8.18. The zero-order chi connectivity index (χ0) is 33.8. The van der Waals surface area contributed by atoms with E-state index in [1.807, 2.05) is 25.1 Å². The molecule has 11 nitrogen and oxygen atoms in total. The van der Waals surface area contributed by atoms with E-state index in [9.17, 15) is 29.7 Å². The van der Waals surface area contributed by atoms with Gasteiger partial charge in [0.05, 0.1) is 6.04 Å². The number of rotatable bonds is 14. The summed E-state index contributed by atoms with van der Waals surface area (Å²) in [5, 5.41) is 43.8. The summed E-state index contributed by atoms with van der Waals surface area (Å²) in [7, 11) is 0. The summed E-state index contributed by atoms with van der Waals surface area (Å²) < 4.78 is -0.0190. The van der Waals surface area contributed by atoms with Crippen LogP contribution in [-0.4, -0.2) is 85.4 Å². The van der Waals surface area contributed by atoms with E-state index in [1.54, 1.807) is 0 Å². The van der Waals surface area contributed by atoms with Crippen LogP contribution in [0.2, 0.25) is 5.02 Å². The first-order chi connectivity index (χ1) is 21.8. The van der Waals surface area contributed by atoms with Crippen LogP contribution in [0.15, 0.2) is 48.1 Å². The van der Waals surface area contributed by atoms with Crippen LogP contribution in [0, 0.1) is 11.8 Å². The number of nitrogens with zero attached hydrogens (tertiary/aromatic N) is 1. The lowest BCUT2D eigenvalue weighted by molar-refractivity contribution is -1.06. The molecule has 46 heavy (non-hydrogen) atoms. The molecule has 1 aromatic carbocycles. The molecule has 12 heteroatoms. The van der Waals surface area contributed by atoms with Crippen LogP contribution in [-0.2, 0) is 14.4 Å². The number of quaternary nitrogens is 1. The molecular weight excluding hydrogens is 612 g/mol. The molecule has 2 heterocycles. The Bertz CT molecular complexity index is 1320. The number of carbonyl (C=O) groups is 3. The quantitative estimate of drug-likeness (QED) is 0.0889. The maximum atomic E-state index is 14.0. The summed E-state index contributed by atoms with van der Waals surface area (Å²) in [4.78, 5) is 36.6. The van der Waals surface area contributed by atoms with Gasteiger partial charge in [0, 0.05) is 36.6 Å². The van der Waals surface area contributed by atoms with E-state index in [-0.39, 0.29) is 60.6 Å². The number of carbonyl (C=O) groups excluding carboxylic acids is 1. The minimum atomic E-state index is -1.50. The summed E-state index contributed by atoms with van der Waals surface area (Å²) in [5.41, 5.74) is 14.8. The number of piperidine rings is 1. The topological polar surface area (TPSA) is 196 Å². The summed E-state index contributed by atoms with van der Waals surface area (Å²) in [6.45, 7) is 4.09. The van der Waals surface area contributed by atoms with Gasteiger partial charge in [0.2, 0.25) is 0 Å². The van der Waals surface area contributed by atoms with Crippen molar-refractivity contribution >= 4 is 29.4 Å². The Morgan fingerprint density at radius 2 is 1.83 bits per heavy atom. The van der Waals surface area contributed by atoms with Crippen LogP contribution in [0.5, 0.6) is 0 Å². The fourth-order valence-corrected chi connectivity index (χ4v) is 8.38. The average molecular weight is 662 g/mol. The Morgan fingerprint density at radius 3 is 2.43 bits per heavy atom. The highest BCUT2D eigenvalue weighted by molar-refractivity contribution is 6.30. The Labute approximate surface area is 275 Å². The number of nitrogens with one attached hydrogen (secondary N) is 1. The van der Waals surface area contributed by atoms with Crippen molar-refractivity contribution in [2.45, 2.75) is 120 Å². The van der Waals surface area contributed by atoms with Crippen LogP contribution in [0.3, 0.4) is 0 Å². The highest BCUT2D eigenvalue weighted by Gasteiger charge is 2.69. The van der Waals surface area contributed by atoms with Gasteiger partial charge >= 0.3 is 11.9 Å². The van der Waals surface area contributed by atoms with Gasteiger partial charge in [0.15, 0.2) is 12.3 Å². The van der Waals surface area contributed by atoms with Crippen molar-refractivity contribution < 1.29 is 39.3 Å². The van der Waals surface area contributed by atoms with Crippen molar-refractivity contribution in [1.29, 1.82) is 0 Å². The van der Waals surface area contributed by atoms with Gasteiger partial charge in [-0.3, -0.25) is 18.9 Å². The molecular formula is C34H50ClN4O7+. The standard InChI is InChI=1S/C34H49ClN4O7/c1-19(21-9-11-22(12-10-21)23-5-3-6-25(35)18-23)17-24-13-15-28(40)39(20(2)31(36)32(24)39)27(7-4-8-29(41)42)34(46)38-26(33(37)45)14-16-30(43)44/h3,5-6,9,11,17-22,26-28,31-33,40,45H,4,7-8,10,12-16,36-37H2,1-2H3,(H2-,38,41,42,43,44,46)/p+1. The molecule has 2 saturated heterocycles. The van der Waals surface area contributed by atoms with Crippen molar-refractivity contribution in [3.05, 3.63) is 58.7 Å².